The fourth-order valence-electron chi connectivity index (χ4n) is 4.03. The van der Waals surface area contributed by atoms with Crippen molar-refractivity contribution in [3.63, 3.8) is 0 Å². The molecule has 1 saturated carbocycles. The van der Waals surface area contributed by atoms with Crippen LogP contribution in [0.25, 0.3) is 0 Å². The fraction of sp³-hybridized carbons (Fsp3) is 0.684. The van der Waals surface area contributed by atoms with Crippen molar-refractivity contribution in [2.45, 2.75) is 70.9 Å². The van der Waals surface area contributed by atoms with Crippen molar-refractivity contribution in [1.29, 1.82) is 0 Å². The zero-order valence-corrected chi connectivity index (χ0v) is 13.5. The third-order valence-electron chi connectivity index (χ3n) is 5.17. The Morgan fingerprint density at radius 2 is 1.95 bits per heavy atom. The maximum absolute atomic E-state index is 6.21. The number of fused-ring (bicyclic) bond motifs is 1. The third-order valence-corrected chi connectivity index (χ3v) is 5.17. The molecule has 1 aliphatic carbocycles. The Morgan fingerprint density at radius 3 is 2.67 bits per heavy atom. The van der Waals surface area contributed by atoms with Crippen LogP contribution in [0, 0.1) is 5.41 Å². The number of hydrogen-bond acceptors (Lipinski definition) is 2. The fourth-order valence-corrected chi connectivity index (χ4v) is 4.03. The summed E-state index contributed by atoms with van der Waals surface area (Å²) in [5.74, 6) is 1.12. The molecule has 0 amide bonds. The van der Waals surface area contributed by atoms with Crippen LogP contribution in [0.1, 0.15) is 57.9 Å². The molecule has 116 valence electrons. The summed E-state index contributed by atoms with van der Waals surface area (Å²) in [6.45, 7) is 5.65. The predicted molar refractivity (Wildman–Crippen MR) is 87.8 cm³/mol. The normalized spacial score (nSPS) is 23.9. The Morgan fingerprint density at radius 1 is 1.19 bits per heavy atom. The lowest BCUT2D eigenvalue weighted by molar-refractivity contribution is 0.0928. The van der Waals surface area contributed by atoms with Crippen molar-refractivity contribution in [2.24, 2.45) is 5.41 Å². The van der Waals surface area contributed by atoms with Crippen molar-refractivity contribution in [3.05, 3.63) is 29.8 Å². The van der Waals surface area contributed by atoms with E-state index in [2.05, 4.69) is 43.4 Å². The van der Waals surface area contributed by atoms with E-state index in [0.29, 0.717) is 17.6 Å². The van der Waals surface area contributed by atoms with Crippen LogP contribution in [0.5, 0.6) is 5.75 Å². The monoisotopic (exact) mass is 287 g/mol. The van der Waals surface area contributed by atoms with Crippen LogP contribution in [0.2, 0.25) is 0 Å². The summed E-state index contributed by atoms with van der Waals surface area (Å²) in [5.41, 5.74) is 1.85. The largest absolute Gasteiger partial charge is 0.490 e. The second-order valence-corrected chi connectivity index (χ2v) is 7.35. The molecular formula is C19H29NO. The summed E-state index contributed by atoms with van der Waals surface area (Å²) < 4.78 is 6.21. The van der Waals surface area contributed by atoms with Gasteiger partial charge in [-0.2, -0.15) is 0 Å². The number of benzene rings is 1. The van der Waals surface area contributed by atoms with E-state index >= 15 is 0 Å². The van der Waals surface area contributed by atoms with E-state index in [1.54, 1.807) is 0 Å². The van der Waals surface area contributed by atoms with Crippen LogP contribution >= 0.6 is 0 Å². The lowest BCUT2D eigenvalue weighted by atomic mass is 9.70. The molecule has 3 rings (SSSR count). The summed E-state index contributed by atoms with van der Waals surface area (Å²) in [6, 6.07) is 9.12. The minimum atomic E-state index is 0.384. The second kappa shape index (κ2) is 6.39. The molecule has 1 fully saturated rings. The van der Waals surface area contributed by atoms with Gasteiger partial charge in [0.2, 0.25) is 0 Å². The zero-order chi connectivity index (χ0) is 14.7. The third kappa shape index (κ3) is 3.60. The maximum Gasteiger partial charge on any atom is 0.123 e. The molecule has 21 heavy (non-hydrogen) atoms. The molecule has 2 nitrogen and oxygen atoms in total. The quantitative estimate of drug-likeness (QED) is 0.870. The number of rotatable bonds is 5. The highest BCUT2D eigenvalue weighted by Gasteiger charge is 2.37. The highest BCUT2D eigenvalue weighted by molar-refractivity contribution is 5.37. The van der Waals surface area contributed by atoms with Gasteiger partial charge in [-0.3, -0.25) is 0 Å². The van der Waals surface area contributed by atoms with Gasteiger partial charge in [-0.25, -0.2) is 0 Å². The SMILES string of the molecule is CC(C)NCC1(CC2Cc3ccccc3O2)CCCCC1. The van der Waals surface area contributed by atoms with Crippen molar-refractivity contribution in [3.8, 4) is 5.75 Å². The van der Waals surface area contributed by atoms with Gasteiger partial charge in [-0.15, -0.1) is 0 Å². The molecule has 0 saturated heterocycles. The van der Waals surface area contributed by atoms with E-state index in [-0.39, 0.29) is 0 Å². The summed E-state index contributed by atoms with van der Waals surface area (Å²) in [4.78, 5) is 0. The minimum Gasteiger partial charge on any atom is -0.490 e. The first kappa shape index (κ1) is 14.9. The van der Waals surface area contributed by atoms with Crippen LogP contribution < -0.4 is 10.1 Å². The highest BCUT2D eigenvalue weighted by atomic mass is 16.5. The number of para-hydroxylation sites is 1. The lowest BCUT2D eigenvalue weighted by Crippen LogP contribution is -2.41. The zero-order valence-electron chi connectivity index (χ0n) is 13.5. The molecule has 1 heterocycles. The van der Waals surface area contributed by atoms with E-state index in [0.717, 1.165) is 18.7 Å². The molecule has 0 bridgehead atoms. The smallest absolute Gasteiger partial charge is 0.123 e. The van der Waals surface area contributed by atoms with E-state index in [1.165, 1.54) is 44.1 Å². The second-order valence-electron chi connectivity index (χ2n) is 7.35. The Hall–Kier alpha value is -1.02. The Labute approximate surface area is 129 Å². The summed E-state index contributed by atoms with van der Waals surface area (Å²) >= 11 is 0. The van der Waals surface area contributed by atoms with Crippen molar-refractivity contribution < 1.29 is 4.74 Å². The molecule has 0 spiro atoms. The number of ether oxygens (including phenoxy) is 1. The molecule has 1 aromatic carbocycles. The van der Waals surface area contributed by atoms with Crippen molar-refractivity contribution in [2.75, 3.05) is 6.54 Å². The standard InChI is InChI=1S/C19H29NO/c1-15(2)20-14-19(10-6-3-7-11-19)13-17-12-16-8-4-5-9-18(16)21-17/h4-5,8-9,15,17,20H,3,6-7,10-14H2,1-2H3. The molecular weight excluding hydrogens is 258 g/mol. The van der Waals surface area contributed by atoms with E-state index < -0.39 is 0 Å². The van der Waals surface area contributed by atoms with Crippen LogP contribution in [0.15, 0.2) is 24.3 Å². The number of hydrogen-bond donors (Lipinski definition) is 1. The van der Waals surface area contributed by atoms with Gasteiger partial charge >= 0.3 is 0 Å². The van der Waals surface area contributed by atoms with Crippen molar-refractivity contribution in [1.82, 2.24) is 5.32 Å². The molecule has 1 aromatic rings. The first-order valence-electron chi connectivity index (χ1n) is 8.65. The van der Waals surface area contributed by atoms with Gasteiger partial charge in [0.25, 0.3) is 0 Å². The number of nitrogens with one attached hydrogen (secondary N) is 1. The highest BCUT2D eigenvalue weighted by Crippen LogP contribution is 2.42. The molecule has 1 aliphatic heterocycles. The van der Waals surface area contributed by atoms with Crippen LogP contribution in [0.3, 0.4) is 0 Å². The van der Waals surface area contributed by atoms with Gasteiger partial charge in [0.1, 0.15) is 11.9 Å². The molecule has 1 atom stereocenters. The molecule has 0 aromatic heterocycles. The summed E-state index contributed by atoms with van der Waals surface area (Å²) in [6.07, 6.45) is 9.61. The van der Waals surface area contributed by atoms with Crippen LogP contribution in [0.4, 0.5) is 0 Å². The molecule has 1 unspecified atom stereocenters. The van der Waals surface area contributed by atoms with E-state index in [4.69, 9.17) is 4.74 Å². The van der Waals surface area contributed by atoms with Crippen LogP contribution in [-0.4, -0.2) is 18.7 Å². The van der Waals surface area contributed by atoms with E-state index in [9.17, 15) is 0 Å². The van der Waals surface area contributed by atoms with Gasteiger partial charge in [0.15, 0.2) is 0 Å². The Balaban J connectivity index is 1.65. The Kier molecular flexibility index (Phi) is 4.54. The Bertz CT molecular complexity index is 437. The maximum atomic E-state index is 6.21. The molecule has 2 heteroatoms. The topological polar surface area (TPSA) is 21.3 Å². The average Bonchev–Trinajstić information content (AvgIpc) is 2.88. The average molecular weight is 287 g/mol. The van der Waals surface area contributed by atoms with Gasteiger partial charge in [-0.1, -0.05) is 51.3 Å². The van der Waals surface area contributed by atoms with Crippen molar-refractivity contribution >= 4 is 0 Å². The van der Waals surface area contributed by atoms with Gasteiger partial charge in [-0.05, 0) is 36.3 Å². The molecule has 2 aliphatic rings. The first-order valence-corrected chi connectivity index (χ1v) is 8.65. The van der Waals surface area contributed by atoms with Gasteiger partial charge in [0.05, 0.1) is 0 Å². The van der Waals surface area contributed by atoms with Crippen LogP contribution in [-0.2, 0) is 6.42 Å². The summed E-state index contributed by atoms with van der Waals surface area (Å²) in [5, 5.41) is 3.70. The van der Waals surface area contributed by atoms with E-state index in [1.807, 2.05) is 0 Å². The van der Waals surface area contributed by atoms with Gasteiger partial charge < -0.3 is 10.1 Å². The molecule has 1 N–H and O–H groups in total. The predicted octanol–water partition coefficient (Wildman–Crippen LogP) is 4.33. The summed E-state index contributed by atoms with van der Waals surface area (Å²) in [7, 11) is 0. The lowest BCUT2D eigenvalue weighted by Gasteiger charge is -2.39. The van der Waals surface area contributed by atoms with Gasteiger partial charge in [0, 0.05) is 19.0 Å². The first-order chi connectivity index (χ1) is 10.2. The minimum absolute atomic E-state index is 0.384. The molecule has 0 radical (unpaired) electrons.